The molecule has 21 heavy (non-hydrogen) atoms. The van der Waals surface area contributed by atoms with Gasteiger partial charge in [0.15, 0.2) is 11.5 Å². The van der Waals surface area contributed by atoms with Crippen molar-refractivity contribution in [3.8, 4) is 11.5 Å². The molecule has 1 aliphatic heterocycles. The molecular formula is C18H27NO2. The van der Waals surface area contributed by atoms with E-state index in [2.05, 4.69) is 38.2 Å². The van der Waals surface area contributed by atoms with Gasteiger partial charge in [0.2, 0.25) is 5.79 Å². The lowest BCUT2D eigenvalue weighted by Gasteiger charge is -2.40. The van der Waals surface area contributed by atoms with Crippen LogP contribution in [0.15, 0.2) is 18.2 Å². The zero-order valence-corrected chi connectivity index (χ0v) is 13.8. The normalized spacial score (nSPS) is 29.2. The predicted molar refractivity (Wildman–Crippen MR) is 86.0 cm³/mol. The summed E-state index contributed by atoms with van der Waals surface area (Å²) in [5.74, 6) is 1.82. The maximum Gasteiger partial charge on any atom is 0.246 e. The van der Waals surface area contributed by atoms with Crippen molar-refractivity contribution in [3.05, 3.63) is 18.2 Å². The number of rotatable bonds is 2. The molecule has 0 aromatic heterocycles. The highest BCUT2D eigenvalue weighted by Gasteiger charge is 2.34. The minimum atomic E-state index is -0.552. The summed E-state index contributed by atoms with van der Waals surface area (Å²) in [7, 11) is 0. The zero-order chi connectivity index (χ0) is 15.3. The molecule has 2 unspecified atom stereocenters. The Morgan fingerprint density at radius 1 is 1.10 bits per heavy atom. The first-order valence-electron chi connectivity index (χ1n) is 8.03. The van der Waals surface area contributed by atoms with Crippen LogP contribution in [-0.2, 0) is 0 Å². The van der Waals surface area contributed by atoms with Crippen molar-refractivity contribution < 1.29 is 9.47 Å². The third-order valence-corrected chi connectivity index (χ3v) is 4.70. The van der Waals surface area contributed by atoms with E-state index in [0.717, 1.165) is 17.2 Å². The Morgan fingerprint density at radius 3 is 2.52 bits per heavy atom. The van der Waals surface area contributed by atoms with Gasteiger partial charge >= 0.3 is 0 Å². The number of hydrogen-bond acceptors (Lipinski definition) is 3. The van der Waals surface area contributed by atoms with Crippen LogP contribution in [0.3, 0.4) is 0 Å². The second-order valence-corrected chi connectivity index (χ2v) is 7.90. The third-order valence-electron chi connectivity index (χ3n) is 4.70. The Bertz CT molecular complexity index is 536. The second kappa shape index (κ2) is 4.82. The van der Waals surface area contributed by atoms with Gasteiger partial charge in [-0.15, -0.1) is 0 Å². The number of anilines is 1. The number of benzene rings is 1. The van der Waals surface area contributed by atoms with E-state index in [-0.39, 0.29) is 0 Å². The molecule has 0 saturated heterocycles. The summed E-state index contributed by atoms with van der Waals surface area (Å²) in [5.41, 5.74) is 1.61. The highest BCUT2D eigenvalue weighted by atomic mass is 16.7. The molecular weight excluding hydrogens is 262 g/mol. The molecule has 0 bridgehead atoms. The molecule has 2 atom stereocenters. The van der Waals surface area contributed by atoms with Crippen molar-refractivity contribution in [1.82, 2.24) is 0 Å². The number of ether oxygens (including phenoxy) is 2. The molecule has 1 N–H and O–H groups in total. The fraction of sp³-hybridized carbons (Fsp3) is 0.667. The van der Waals surface area contributed by atoms with Crippen LogP contribution in [-0.4, -0.2) is 11.8 Å². The molecule has 0 spiro atoms. The minimum absolute atomic E-state index is 0.483. The number of nitrogens with one attached hydrogen (secondary N) is 1. The Hall–Kier alpha value is -1.38. The van der Waals surface area contributed by atoms with Crippen molar-refractivity contribution in [2.45, 2.75) is 65.7 Å². The van der Waals surface area contributed by atoms with Crippen LogP contribution < -0.4 is 14.8 Å². The average molecular weight is 289 g/mol. The van der Waals surface area contributed by atoms with E-state index in [0.29, 0.717) is 17.4 Å². The second-order valence-electron chi connectivity index (χ2n) is 7.90. The first-order valence-corrected chi connectivity index (χ1v) is 8.03. The monoisotopic (exact) mass is 289 g/mol. The van der Waals surface area contributed by atoms with Gasteiger partial charge < -0.3 is 14.8 Å². The molecule has 0 radical (unpaired) electrons. The van der Waals surface area contributed by atoms with E-state index in [1.54, 1.807) is 0 Å². The van der Waals surface area contributed by atoms with Crippen LogP contribution in [0, 0.1) is 11.3 Å². The SMILES string of the molecule is CC1CC(C)(C)CCC1Nc1ccc2c(c1)OC(C)(C)O2. The average Bonchev–Trinajstić information content (AvgIpc) is 2.65. The summed E-state index contributed by atoms with van der Waals surface area (Å²) in [6, 6.07) is 6.71. The summed E-state index contributed by atoms with van der Waals surface area (Å²) in [6.45, 7) is 11.0. The lowest BCUT2D eigenvalue weighted by atomic mass is 9.70. The van der Waals surface area contributed by atoms with Gasteiger partial charge in [0, 0.05) is 31.6 Å². The molecule has 1 fully saturated rings. The van der Waals surface area contributed by atoms with Crippen molar-refractivity contribution >= 4 is 5.69 Å². The van der Waals surface area contributed by atoms with Crippen LogP contribution >= 0.6 is 0 Å². The molecule has 3 nitrogen and oxygen atoms in total. The maximum absolute atomic E-state index is 5.82. The molecule has 1 aromatic carbocycles. The van der Waals surface area contributed by atoms with E-state index in [9.17, 15) is 0 Å². The predicted octanol–water partition coefficient (Wildman–Crippen LogP) is 4.82. The van der Waals surface area contributed by atoms with Crippen molar-refractivity contribution in [1.29, 1.82) is 0 Å². The Labute approximate surface area is 128 Å². The highest BCUT2D eigenvalue weighted by Crippen LogP contribution is 2.42. The maximum atomic E-state index is 5.82. The van der Waals surface area contributed by atoms with Gasteiger partial charge in [-0.05, 0) is 42.7 Å². The van der Waals surface area contributed by atoms with Crippen LogP contribution in [0.5, 0.6) is 11.5 Å². The Kier molecular flexibility index (Phi) is 3.34. The van der Waals surface area contributed by atoms with Crippen LogP contribution in [0.4, 0.5) is 5.69 Å². The lowest BCUT2D eigenvalue weighted by molar-refractivity contribution is -0.0431. The van der Waals surface area contributed by atoms with Crippen molar-refractivity contribution in [2.75, 3.05) is 5.32 Å². The number of fused-ring (bicyclic) bond motifs is 1. The molecule has 3 heteroatoms. The van der Waals surface area contributed by atoms with E-state index < -0.39 is 5.79 Å². The van der Waals surface area contributed by atoms with Crippen LogP contribution in [0.1, 0.15) is 53.9 Å². The van der Waals surface area contributed by atoms with E-state index in [4.69, 9.17) is 9.47 Å². The summed E-state index contributed by atoms with van der Waals surface area (Å²) in [6.07, 6.45) is 3.79. The summed E-state index contributed by atoms with van der Waals surface area (Å²) >= 11 is 0. The molecule has 1 saturated carbocycles. The fourth-order valence-electron chi connectivity index (χ4n) is 3.69. The quantitative estimate of drug-likeness (QED) is 0.846. The van der Waals surface area contributed by atoms with Gasteiger partial charge in [-0.2, -0.15) is 0 Å². The van der Waals surface area contributed by atoms with E-state index in [1.165, 1.54) is 19.3 Å². The molecule has 116 valence electrons. The molecule has 1 heterocycles. The van der Waals surface area contributed by atoms with Crippen LogP contribution in [0.2, 0.25) is 0 Å². The Balaban J connectivity index is 1.70. The van der Waals surface area contributed by atoms with Gasteiger partial charge in [-0.25, -0.2) is 0 Å². The zero-order valence-electron chi connectivity index (χ0n) is 13.8. The summed E-state index contributed by atoms with van der Waals surface area (Å²) in [4.78, 5) is 0. The molecule has 1 aliphatic carbocycles. The first-order chi connectivity index (χ1) is 9.74. The third kappa shape index (κ3) is 3.12. The number of hydrogen-bond donors (Lipinski definition) is 1. The smallest absolute Gasteiger partial charge is 0.246 e. The molecule has 1 aromatic rings. The first kappa shape index (κ1) is 14.6. The van der Waals surface area contributed by atoms with Gasteiger partial charge in [0.1, 0.15) is 0 Å². The van der Waals surface area contributed by atoms with Gasteiger partial charge in [0.05, 0.1) is 0 Å². The standard InChI is InChI=1S/C18H27NO2/c1-12-11-17(2,3)9-8-14(12)19-13-6-7-15-16(10-13)21-18(4,5)20-15/h6-7,10,12,14,19H,8-9,11H2,1-5H3. The topological polar surface area (TPSA) is 30.5 Å². The van der Waals surface area contributed by atoms with Crippen LogP contribution in [0.25, 0.3) is 0 Å². The summed E-state index contributed by atoms with van der Waals surface area (Å²) in [5, 5.41) is 3.69. The van der Waals surface area contributed by atoms with Gasteiger partial charge in [-0.1, -0.05) is 20.8 Å². The van der Waals surface area contributed by atoms with E-state index >= 15 is 0 Å². The fourth-order valence-corrected chi connectivity index (χ4v) is 3.69. The Morgan fingerprint density at radius 2 is 1.81 bits per heavy atom. The highest BCUT2D eigenvalue weighted by molar-refractivity contribution is 5.56. The summed E-state index contributed by atoms with van der Waals surface area (Å²) < 4.78 is 11.6. The van der Waals surface area contributed by atoms with E-state index in [1.807, 2.05) is 19.9 Å². The minimum Gasteiger partial charge on any atom is -0.449 e. The van der Waals surface area contributed by atoms with Crippen molar-refractivity contribution in [2.24, 2.45) is 11.3 Å². The lowest BCUT2D eigenvalue weighted by Crippen LogP contribution is -2.36. The molecule has 0 amide bonds. The molecule has 3 rings (SSSR count). The molecule has 2 aliphatic rings. The van der Waals surface area contributed by atoms with Gasteiger partial charge in [-0.3, -0.25) is 0 Å². The van der Waals surface area contributed by atoms with Crippen molar-refractivity contribution in [3.63, 3.8) is 0 Å². The van der Waals surface area contributed by atoms with Gasteiger partial charge in [0.25, 0.3) is 0 Å². The largest absolute Gasteiger partial charge is 0.449 e.